The van der Waals surface area contributed by atoms with E-state index in [0.717, 1.165) is 37.6 Å². The predicted octanol–water partition coefficient (Wildman–Crippen LogP) is 5.07. The summed E-state index contributed by atoms with van der Waals surface area (Å²) in [4.78, 5) is 23.9. The zero-order valence-electron chi connectivity index (χ0n) is 17.3. The van der Waals surface area contributed by atoms with Crippen LogP contribution in [0.3, 0.4) is 0 Å². The fourth-order valence-corrected chi connectivity index (χ4v) is 3.47. The Morgan fingerprint density at radius 1 is 1.03 bits per heavy atom. The van der Waals surface area contributed by atoms with Crippen molar-refractivity contribution in [2.24, 2.45) is 5.92 Å². The third-order valence-electron chi connectivity index (χ3n) is 5.37. The van der Waals surface area contributed by atoms with Gasteiger partial charge in [0.2, 0.25) is 5.95 Å². The van der Waals surface area contributed by atoms with Crippen molar-refractivity contribution in [2.75, 3.05) is 23.3 Å². The van der Waals surface area contributed by atoms with Crippen LogP contribution in [-0.2, 0) is 0 Å². The first-order valence-electron chi connectivity index (χ1n) is 10.3. The summed E-state index contributed by atoms with van der Waals surface area (Å²) in [5.74, 6) is 2.71. The summed E-state index contributed by atoms with van der Waals surface area (Å²) in [6.45, 7) is 6.05. The molecule has 3 aromatic rings. The topological polar surface area (TPSA) is 67.4 Å². The van der Waals surface area contributed by atoms with Gasteiger partial charge in [-0.2, -0.15) is 0 Å². The minimum Gasteiger partial charge on any atom is -0.457 e. The highest BCUT2D eigenvalue weighted by atomic mass is 16.5. The van der Waals surface area contributed by atoms with Gasteiger partial charge in [-0.05, 0) is 62.1 Å². The van der Waals surface area contributed by atoms with E-state index in [0.29, 0.717) is 28.6 Å². The van der Waals surface area contributed by atoms with Gasteiger partial charge in [0, 0.05) is 25.0 Å². The number of carbonyl (C=O) groups is 1. The first-order valence-corrected chi connectivity index (χ1v) is 10.3. The van der Waals surface area contributed by atoms with Gasteiger partial charge in [-0.1, -0.05) is 25.1 Å². The zero-order chi connectivity index (χ0) is 20.9. The van der Waals surface area contributed by atoms with Gasteiger partial charge in [-0.25, -0.2) is 9.97 Å². The second-order valence-corrected chi connectivity index (χ2v) is 7.73. The third kappa shape index (κ3) is 4.76. The molecular weight excluding hydrogens is 376 g/mol. The number of rotatable bonds is 5. The molecule has 154 valence electrons. The Morgan fingerprint density at radius 2 is 1.70 bits per heavy atom. The second kappa shape index (κ2) is 8.95. The van der Waals surface area contributed by atoms with Crippen molar-refractivity contribution >= 4 is 17.5 Å². The lowest BCUT2D eigenvalue weighted by molar-refractivity contribution is 0.102. The van der Waals surface area contributed by atoms with E-state index >= 15 is 0 Å². The van der Waals surface area contributed by atoms with Crippen molar-refractivity contribution in [3.8, 4) is 11.5 Å². The van der Waals surface area contributed by atoms with Crippen molar-refractivity contribution < 1.29 is 9.53 Å². The molecule has 2 aromatic carbocycles. The number of anilines is 2. The number of benzene rings is 2. The molecule has 1 aliphatic heterocycles. The number of carbonyl (C=O) groups excluding carboxylic acids is 1. The number of nitrogens with zero attached hydrogens (tertiary/aromatic N) is 3. The highest BCUT2D eigenvalue weighted by molar-refractivity contribution is 6.04. The number of para-hydroxylation sites is 1. The van der Waals surface area contributed by atoms with Gasteiger partial charge in [0.25, 0.3) is 5.91 Å². The van der Waals surface area contributed by atoms with Crippen LogP contribution in [0, 0.1) is 12.8 Å². The largest absolute Gasteiger partial charge is 0.457 e. The van der Waals surface area contributed by atoms with E-state index in [9.17, 15) is 4.79 Å². The molecule has 6 heteroatoms. The van der Waals surface area contributed by atoms with Crippen LogP contribution in [0.1, 0.15) is 35.8 Å². The molecule has 4 rings (SSSR count). The maximum atomic E-state index is 12.7. The van der Waals surface area contributed by atoms with E-state index in [-0.39, 0.29) is 5.91 Å². The normalized spacial score (nSPS) is 14.4. The molecule has 0 aliphatic carbocycles. The fourth-order valence-electron chi connectivity index (χ4n) is 3.47. The van der Waals surface area contributed by atoms with Crippen LogP contribution in [0.25, 0.3) is 0 Å². The first kappa shape index (κ1) is 19.9. The molecule has 0 saturated carbocycles. The van der Waals surface area contributed by atoms with Crippen LogP contribution in [0.2, 0.25) is 0 Å². The minimum absolute atomic E-state index is 0.219. The molecule has 0 radical (unpaired) electrons. The summed E-state index contributed by atoms with van der Waals surface area (Å²) in [5.41, 5.74) is 1.85. The lowest BCUT2D eigenvalue weighted by atomic mass is 10.00. The summed E-state index contributed by atoms with van der Waals surface area (Å²) in [7, 11) is 0. The smallest absolute Gasteiger partial charge is 0.259 e. The Hall–Kier alpha value is -3.41. The van der Waals surface area contributed by atoms with E-state index < -0.39 is 0 Å². The molecule has 1 aliphatic rings. The predicted molar refractivity (Wildman–Crippen MR) is 118 cm³/mol. The number of piperidine rings is 1. The molecule has 30 heavy (non-hydrogen) atoms. The summed E-state index contributed by atoms with van der Waals surface area (Å²) in [6, 6.07) is 16.9. The number of nitrogens with one attached hydrogen (secondary N) is 1. The molecule has 1 saturated heterocycles. The molecule has 0 atom stereocenters. The van der Waals surface area contributed by atoms with Crippen LogP contribution < -0.4 is 15.0 Å². The van der Waals surface area contributed by atoms with Gasteiger partial charge in [0.15, 0.2) is 0 Å². The Labute approximate surface area is 176 Å². The molecule has 1 aromatic heterocycles. The van der Waals surface area contributed by atoms with Gasteiger partial charge in [-0.3, -0.25) is 4.79 Å². The molecule has 1 N–H and O–H groups in total. The van der Waals surface area contributed by atoms with Crippen LogP contribution in [-0.4, -0.2) is 29.0 Å². The maximum Gasteiger partial charge on any atom is 0.259 e. The molecule has 6 nitrogen and oxygen atoms in total. The van der Waals surface area contributed by atoms with Crippen LogP contribution >= 0.6 is 0 Å². The number of ether oxygens (including phenoxy) is 1. The van der Waals surface area contributed by atoms with E-state index in [1.54, 1.807) is 6.20 Å². The van der Waals surface area contributed by atoms with Crippen LogP contribution in [0.4, 0.5) is 11.6 Å². The van der Waals surface area contributed by atoms with Gasteiger partial charge in [0.05, 0.1) is 11.3 Å². The fraction of sp³-hybridized carbons (Fsp3) is 0.292. The van der Waals surface area contributed by atoms with Crippen molar-refractivity contribution in [1.82, 2.24) is 9.97 Å². The quantitative estimate of drug-likeness (QED) is 0.646. The average Bonchev–Trinajstić information content (AvgIpc) is 2.76. The van der Waals surface area contributed by atoms with E-state index in [2.05, 4.69) is 27.1 Å². The van der Waals surface area contributed by atoms with E-state index in [1.165, 1.54) is 0 Å². The summed E-state index contributed by atoms with van der Waals surface area (Å²) < 4.78 is 5.78. The zero-order valence-corrected chi connectivity index (χ0v) is 17.3. The highest BCUT2D eigenvalue weighted by Crippen LogP contribution is 2.24. The molecule has 2 heterocycles. The number of hydrogen-bond donors (Lipinski definition) is 1. The summed E-state index contributed by atoms with van der Waals surface area (Å²) in [5, 5.41) is 2.91. The number of aromatic nitrogens is 2. The van der Waals surface area contributed by atoms with Crippen molar-refractivity contribution in [3.05, 3.63) is 72.1 Å². The van der Waals surface area contributed by atoms with Crippen molar-refractivity contribution in [3.63, 3.8) is 0 Å². The van der Waals surface area contributed by atoms with Crippen molar-refractivity contribution in [1.29, 1.82) is 0 Å². The molecule has 0 spiro atoms. The Balaban J connectivity index is 1.39. The Bertz CT molecular complexity index is 997. The molecule has 0 unspecified atom stereocenters. The van der Waals surface area contributed by atoms with Gasteiger partial charge >= 0.3 is 0 Å². The summed E-state index contributed by atoms with van der Waals surface area (Å²) >= 11 is 0. The Morgan fingerprint density at radius 3 is 2.37 bits per heavy atom. The monoisotopic (exact) mass is 402 g/mol. The summed E-state index contributed by atoms with van der Waals surface area (Å²) in [6.07, 6.45) is 3.92. The molecule has 1 fully saturated rings. The molecule has 1 amide bonds. The van der Waals surface area contributed by atoms with Gasteiger partial charge in [-0.15, -0.1) is 0 Å². The average molecular weight is 402 g/mol. The number of amides is 1. The van der Waals surface area contributed by atoms with Crippen LogP contribution in [0.15, 0.2) is 60.8 Å². The molecule has 0 bridgehead atoms. The van der Waals surface area contributed by atoms with Crippen LogP contribution in [0.5, 0.6) is 11.5 Å². The maximum absolute atomic E-state index is 12.7. The Kier molecular flexibility index (Phi) is 5.93. The van der Waals surface area contributed by atoms with E-state index in [1.807, 2.05) is 61.5 Å². The second-order valence-electron chi connectivity index (χ2n) is 7.73. The highest BCUT2D eigenvalue weighted by Gasteiger charge is 2.20. The lowest BCUT2D eigenvalue weighted by Crippen LogP contribution is -2.34. The van der Waals surface area contributed by atoms with Gasteiger partial charge in [0.1, 0.15) is 11.5 Å². The minimum atomic E-state index is -0.219. The standard InChI is InChI=1S/C24H26N4O2/c1-17-12-14-28(15-13-17)24-25-16-22(18(2)26-24)23(29)27-19-8-10-21(11-9-19)30-20-6-4-3-5-7-20/h3-11,16-17H,12-15H2,1-2H3,(H,27,29). The van der Waals surface area contributed by atoms with Gasteiger partial charge < -0.3 is 15.0 Å². The SMILES string of the molecule is Cc1nc(N2CCC(C)CC2)ncc1C(=O)Nc1ccc(Oc2ccccc2)cc1. The number of aryl methyl sites for hydroxylation is 1. The lowest BCUT2D eigenvalue weighted by Gasteiger charge is -2.30. The molecular formula is C24H26N4O2. The number of hydrogen-bond acceptors (Lipinski definition) is 5. The van der Waals surface area contributed by atoms with E-state index in [4.69, 9.17) is 4.74 Å². The van der Waals surface area contributed by atoms with Crippen molar-refractivity contribution in [2.45, 2.75) is 26.7 Å². The third-order valence-corrected chi connectivity index (χ3v) is 5.37. The first-order chi connectivity index (χ1) is 14.6.